The Morgan fingerprint density at radius 3 is 2.41 bits per heavy atom. The average Bonchev–Trinajstić information content (AvgIpc) is 2.63. The Hall–Kier alpha value is -2.64. The topological polar surface area (TPSA) is 62.1 Å². The number of ether oxygens (including phenoxy) is 1. The monoisotopic (exact) mass is 364 g/mol. The van der Waals surface area contributed by atoms with Gasteiger partial charge >= 0.3 is 5.97 Å². The number of hydrogen-bond donors (Lipinski definition) is 1. The van der Waals surface area contributed by atoms with Gasteiger partial charge in [0.1, 0.15) is 5.60 Å². The first-order valence-corrected chi connectivity index (χ1v) is 9.27. The molecule has 0 bridgehead atoms. The van der Waals surface area contributed by atoms with Gasteiger partial charge in [-0.1, -0.05) is 42.5 Å². The number of carbonyl (C=O) groups excluding carboxylic acids is 1. The lowest BCUT2D eigenvalue weighted by molar-refractivity contribution is -0.160. The van der Waals surface area contributed by atoms with Crippen LogP contribution in [0.2, 0.25) is 0 Å². The third kappa shape index (κ3) is 6.88. The van der Waals surface area contributed by atoms with Gasteiger partial charge in [0.25, 0.3) is 0 Å². The van der Waals surface area contributed by atoms with Gasteiger partial charge in [-0.3, -0.25) is 4.79 Å². The molecule has 1 N–H and O–H groups in total. The minimum atomic E-state index is -0.539. The fourth-order valence-electron chi connectivity index (χ4n) is 2.88. The highest BCUT2D eigenvalue weighted by Gasteiger charge is 2.30. The van der Waals surface area contributed by atoms with Gasteiger partial charge in [0, 0.05) is 12.6 Å². The molecule has 0 amide bonds. The first kappa shape index (κ1) is 20.7. The number of benzene rings is 2. The number of nitriles is 1. The molecule has 2 atom stereocenters. The Morgan fingerprint density at radius 2 is 1.78 bits per heavy atom. The zero-order valence-electron chi connectivity index (χ0n) is 16.5. The molecular weight excluding hydrogens is 336 g/mol. The van der Waals surface area contributed by atoms with Crippen LogP contribution < -0.4 is 5.32 Å². The maximum atomic E-state index is 12.8. The van der Waals surface area contributed by atoms with Crippen LogP contribution in [0.5, 0.6) is 0 Å². The van der Waals surface area contributed by atoms with E-state index in [4.69, 9.17) is 10.00 Å². The first-order chi connectivity index (χ1) is 12.8. The second-order valence-electron chi connectivity index (χ2n) is 7.81. The first-order valence-electron chi connectivity index (χ1n) is 9.27. The summed E-state index contributed by atoms with van der Waals surface area (Å²) in [5.41, 5.74) is 2.18. The summed E-state index contributed by atoms with van der Waals surface area (Å²) in [6, 6.07) is 19.6. The van der Waals surface area contributed by atoms with Gasteiger partial charge in [0.15, 0.2) is 0 Å². The van der Waals surface area contributed by atoms with E-state index in [9.17, 15) is 4.79 Å². The quantitative estimate of drug-likeness (QED) is 0.747. The summed E-state index contributed by atoms with van der Waals surface area (Å²) in [5, 5.41) is 12.6. The lowest BCUT2D eigenvalue weighted by atomic mass is 9.92. The van der Waals surface area contributed by atoms with E-state index in [1.165, 1.54) is 5.56 Å². The summed E-state index contributed by atoms with van der Waals surface area (Å²) < 4.78 is 5.66. The van der Waals surface area contributed by atoms with Gasteiger partial charge < -0.3 is 10.1 Å². The summed E-state index contributed by atoms with van der Waals surface area (Å²) in [7, 11) is 0. The molecule has 27 heavy (non-hydrogen) atoms. The average molecular weight is 364 g/mol. The summed E-state index contributed by atoms with van der Waals surface area (Å²) in [5.74, 6) is -0.570. The molecule has 0 saturated heterocycles. The van der Waals surface area contributed by atoms with Crippen LogP contribution >= 0.6 is 0 Å². The van der Waals surface area contributed by atoms with Crippen molar-refractivity contribution in [2.75, 3.05) is 0 Å². The number of esters is 1. The van der Waals surface area contributed by atoms with Crippen molar-refractivity contribution < 1.29 is 9.53 Å². The Kier molecular flexibility index (Phi) is 7.15. The minimum absolute atomic E-state index is 0.0780. The second-order valence-corrected chi connectivity index (χ2v) is 7.81. The number of nitrogens with one attached hydrogen (secondary N) is 1. The predicted molar refractivity (Wildman–Crippen MR) is 107 cm³/mol. The van der Waals surface area contributed by atoms with Crippen LogP contribution in [-0.2, 0) is 22.5 Å². The zero-order valence-corrected chi connectivity index (χ0v) is 16.5. The number of hydrogen-bond acceptors (Lipinski definition) is 4. The maximum absolute atomic E-state index is 12.8. The van der Waals surface area contributed by atoms with Crippen LogP contribution in [0.1, 0.15) is 44.4 Å². The van der Waals surface area contributed by atoms with Crippen molar-refractivity contribution >= 4 is 5.97 Å². The van der Waals surface area contributed by atoms with Gasteiger partial charge in [-0.2, -0.15) is 5.26 Å². The van der Waals surface area contributed by atoms with Crippen molar-refractivity contribution in [2.24, 2.45) is 5.92 Å². The van der Waals surface area contributed by atoms with Crippen molar-refractivity contribution in [3.8, 4) is 6.07 Å². The van der Waals surface area contributed by atoms with Gasteiger partial charge in [-0.25, -0.2) is 0 Å². The fourth-order valence-corrected chi connectivity index (χ4v) is 2.88. The standard InChI is InChI=1S/C23H28N2O2/c1-17(25-16-18-9-6-5-7-10-18)21(22(26)27-23(2,3)4)14-19-11-8-12-20(13-19)15-24/h5-13,17,21,25H,14,16H2,1-4H3/t17-,21+/m1/s1. The molecule has 0 aromatic heterocycles. The highest BCUT2D eigenvalue weighted by molar-refractivity contribution is 5.74. The van der Waals surface area contributed by atoms with Gasteiger partial charge in [0.05, 0.1) is 17.6 Å². The van der Waals surface area contributed by atoms with Gasteiger partial charge in [-0.05, 0) is 57.4 Å². The SMILES string of the molecule is C[C@@H](NCc1ccccc1)[C@H](Cc1cccc(C#N)c1)C(=O)OC(C)(C)C. The third-order valence-corrected chi connectivity index (χ3v) is 4.30. The summed E-state index contributed by atoms with van der Waals surface area (Å²) in [4.78, 5) is 12.8. The van der Waals surface area contributed by atoms with Crippen molar-refractivity contribution in [1.29, 1.82) is 5.26 Å². The van der Waals surface area contributed by atoms with Gasteiger partial charge in [-0.15, -0.1) is 0 Å². The van der Waals surface area contributed by atoms with E-state index in [-0.39, 0.29) is 17.9 Å². The van der Waals surface area contributed by atoms with Crippen molar-refractivity contribution in [3.05, 3.63) is 71.3 Å². The Balaban J connectivity index is 2.14. The highest BCUT2D eigenvalue weighted by atomic mass is 16.6. The molecular formula is C23H28N2O2. The molecule has 2 rings (SSSR count). The minimum Gasteiger partial charge on any atom is -0.460 e. The number of nitrogens with zero attached hydrogens (tertiary/aromatic N) is 1. The van der Waals surface area contributed by atoms with E-state index in [1.54, 1.807) is 6.07 Å². The molecule has 0 unspecified atom stereocenters. The van der Waals surface area contributed by atoms with Crippen LogP contribution in [-0.4, -0.2) is 17.6 Å². The molecule has 0 aliphatic heterocycles. The molecule has 142 valence electrons. The van der Waals surface area contributed by atoms with Crippen LogP contribution in [0.3, 0.4) is 0 Å². The van der Waals surface area contributed by atoms with Crippen LogP contribution in [0, 0.1) is 17.2 Å². The van der Waals surface area contributed by atoms with Gasteiger partial charge in [0.2, 0.25) is 0 Å². The largest absolute Gasteiger partial charge is 0.460 e. The Morgan fingerprint density at radius 1 is 1.11 bits per heavy atom. The van der Waals surface area contributed by atoms with E-state index < -0.39 is 5.60 Å². The molecule has 0 aliphatic rings. The summed E-state index contributed by atoms with van der Waals surface area (Å²) in [6.45, 7) is 8.31. The van der Waals surface area contributed by atoms with Crippen LogP contribution in [0.15, 0.2) is 54.6 Å². The van der Waals surface area contributed by atoms with Crippen LogP contribution in [0.4, 0.5) is 0 Å². The van der Waals surface area contributed by atoms with Crippen molar-refractivity contribution in [1.82, 2.24) is 5.32 Å². The molecule has 0 spiro atoms. The van der Waals surface area contributed by atoms with E-state index in [1.807, 2.05) is 64.1 Å². The Labute approximate surface area is 162 Å². The third-order valence-electron chi connectivity index (χ3n) is 4.30. The molecule has 0 radical (unpaired) electrons. The molecule has 4 heteroatoms. The molecule has 0 heterocycles. The normalized spacial score (nSPS) is 13.4. The predicted octanol–water partition coefficient (Wildman–Crippen LogP) is 4.24. The molecule has 0 fully saturated rings. The second kappa shape index (κ2) is 9.34. The fraction of sp³-hybridized carbons (Fsp3) is 0.391. The van der Waals surface area contributed by atoms with Crippen molar-refractivity contribution in [3.63, 3.8) is 0 Å². The van der Waals surface area contributed by atoms with Crippen LogP contribution in [0.25, 0.3) is 0 Å². The van der Waals surface area contributed by atoms with Crippen molar-refractivity contribution in [2.45, 2.75) is 52.3 Å². The number of carbonyl (C=O) groups is 1. The molecule has 4 nitrogen and oxygen atoms in total. The number of rotatable bonds is 7. The molecule has 0 saturated carbocycles. The lowest BCUT2D eigenvalue weighted by Crippen LogP contribution is -2.41. The molecule has 2 aromatic rings. The summed E-state index contributed by atoms with van der Waals surface area (Å²) >= 11 is 0. The maximum Gasteiger partial charge on any atom is 0.311 e. The lowest BCUT2D eigenvalue weighted by Gasteiger charge is -2.28. The molecule has 0 aliphatic carbocycles. The van der Waals surface area contributed by atoms with E-state index in [2.05, 4.69) is 23.5 Å². The highest BCUT2D eigenvalue weighted by Crippen LogP contribution is 2.20. The van der Waals surface area contributed by atoms with E-state index >= 15 is 0 Å². The van der Waals surface area contributed by atoms with E-state index in [0.29, 0.717) is 18.5 Å². The smallest absolute Gasteiger partial charge is 0.311 e. The zero-order chi connectivity index (χ0) is 19.9. The Bertz CT molecular complexity index is 788. The van der Waals surface area contributed by atoms with E-state index in [0.717, 1.165) is 5.56 Å². The molecule has 2 aromatic carbocycles. The summed E-state index contributed by atoms with van der Waals surface area (Å²) in [6.07, 6.45) is 0.521.